The van der Waals surface area contributed by atoms with Crippen molar-refractivity contribution in [2.45, 2.75) is 65.3 Å². The van der Waals surface area contributed by atoms with Gasteiger partial charge in [-0.3, -0.25) is 0 Å². The van der Waals surface area contributed by atoms with Crippen LogP contribution in [0.2, 0.25) is 0 Å². The van der Waals surface area contributed by atoms with E-state index in [0.717, 1.165) is 43.0 Å². The number of hydrogen-bond donors (Lipinski definition) is 1. The minimum Gasteiger partial charge on any atom is -0.245 e. The second-order valence-corrected chi connectivity index (χ2v) is 8.53. The predicted octanol–water partition coefficient (Wildman–Crippen LogP) is 5.12. The molecule has 0 bridgehead atoms. The van der Waals surface area contributed by atoms with Gasteiger partial charge < -0.3 is 0 Å². The quantitative estimate of drug-likeness (QED) is 0.399. The molecule has 7 nitrogen and oxygen atoms in total. The summed E-state index contributed by atoms with van der Waals surface area (Å²) in [6.45, 7) is 9.56. The van der Waals surface area contributed by atoms with Crippen molar-refractivity contribution in [2.75, 3.05) is 0 Å². The Morgan fingerprint density at radius 3 is 2.34 bits per heavy atom. The van der Waals surface area contributed by atoms with E-state index in [1.165, 1.54) is 16.7 Å². The average molecular weight is 430 g/mol. The van der Waals surface area contributed by atoms with E-state index in [0.29, 0.717) is 17.7 Å². The second kappa shape index (κ2) is 9.85. The summed E-state index contributed by atoms with van der Waals surface area (Å²) in [6, 6.07) is 17.1. The van der Waals surface area contributed by atoms with Crippen LogP contribution in [-0.4, -0.2) is 35.4 Å². The van der Waals surface area contributed by atoms with Gasteiger partial charge in [0.2, 0.25) is 5.82 Å². The van der Waals surface area contributed by atoms with Crippen LogP contribution >= 0.6 is 0 Å². The van der Waals surface area contributed by atoms with Gasteiger partial charge in [-0.25, -0.2) is 9.67 Å². The first-order valence-corrected chi connectivity index (χ1v) is 11.4. The van der Waals surface area contributed by atoms with E-state index in [1.54, 1.807) is 0 Å². The molecule has 166 valence electrons. The van der Waals surface area contributed by atoms with Crippen LogP contribution in [0.3, 0.4) is 0 Å². The van der Waals surface area contributed by atoms with E-state index in [-0.39, 0.29) is 0 Å². The molecule has 1 N–H and O–H groups in total. The molecule has 2 aromatic carbocycles. The maximum absolute atomic E-state index is 4.89. The average Bonchev–Trinajstić information content (AvgIpc) is 3.50. The summed E-state index contributed by atoms with van der Waals surface area (Å²) in [7, 11) is 0. The minimum atomic E-state index is 0.379. The Kier molecular flexibility index (Phi) is 6.73. The first-order chi connectivity index (χ1) is 15.6. The molecule has 0 saturated heterocycles. The third kappa shape index (κ3) is 4.93. The van der Waals surface area contributed by atoms with Gasteiger partial charge in [-0.15, -0.1) is 10.2 Å². The van der Waals surface area contributed by atoms with Crippen molar-refractivity contribution in [1.82, 2.24) is 35.4 Å². The molecule has 2 aromatic heterocycles. The SMILES string of the molecule is CCC(C)c1nc(C(C)CC)n(Cc2ccc(Cc3cccc(-c4nn[nH]n4)c3)cc2)n1. The number of tetrazole rings is 1. The van der Waals surface area contributed by atoms with E-state index in [4.69, 9.17) is 10.1 Å². The smallest absolute Gasteiger partial charge is 0.204 e. The Morgan fingerprint density at radius 1 is 0.906 bits per heavy atom. The highest BCUT2D eigenvalue weighted by atomic mass is 15.5. The fraction of sp³-hybridized carbons (Fsp3) is 0.400. The van der Waals surface area contributed by atoms with Crippen LogP contribution in [-0.2, 0) is 13.0 Å². The van der Waals surface area contributed by atoms with E-state index in [1.807, 2.05) is 12.1 Å². The summed E-state index contributed by atoms with van der Waals surface area (Å²) in [5.74, 6) is 3.44. The van der Waals surface area contributed by atoms with Gasteiger partial charge in [-0.05, 0) is 47.2 Å². The van der Waals surface area contributed by atoms with Gasteiger partial charge in [-0.2, -0.15) is 10.3 Å². The van der Waals surface area contributed by atoms with Crippen LogP contribution in [0, 0.1) is 0 Å². The van der Waals surface area contributed by atoms with Crippen molar-refractivity contribution >= 4 is 0 Å². The van der Waals surface area contributed by atoms with Gasteiger partial charge in [0.1, 0.15) is 5.82 Å². The molecule has 0 aliphatic heterocycles. The summed E-state index contributed by atoms with van der Waals surface area (Å²) in [5, 5.41) is 19.1. The monoisotopic (exact) mass is 429 g/mol. The highest BCUT2D eigenvalue weighted by molar-refractivity contribution is 5.55. The zero-order valence-corrected chi connectivity index (χ0v) is 19.3. The van der Waals surface area contributed by atoms with Gasteiger partial charge in [0.15, 0.2) is 5.82 Å². The normalized spacial score (nSPS) is 13.2. The van der Waals surface area contributed by atoms with Crippen LogP contribution in [0.1, 0.15) is 80.7 Å². The molecule has 2 heterocycles. The molecule has 0 fully saturated rings. The van der Waals surface area contributed by atoms with Gasteiger partial charge in [0.05, 0.1) is 6.54 Å². The largest absolute Gasteiger partial charge is 0.245 e. The third-order valence-electron chi connectivity index (χ3n) is 6.12. The number of aromatic amines is 1. The van der Waals surface area contributed by atoms with Crippen molar-refractivity contribution in [3.05, 3.63) is 76.9 Å². The second-order valence-electron chi connectivity index (χ2n) is 8.53. The lowest BCUT2D eigenvalue weighted by molar-refractivity contribution is 0.571. The highest BCUT2D eigenvalue weighted by Crippen LogP contribution is 2.23. The lowest BCUT2D eigenvalue weighted by atomic mass is 10.0. The summed E-state index contributed by atoms with van der Waals surface area (Å²) in [5.41, 5.74) is 4.68. The molecule has 4 aromatic rings. The molecule has 0 aliphatic rings. The Bertz CT molecular complexity index is 1130. The molecule has 2 atom stereocenters. The fourth-order valence-electron chi connectivity index (χ4n) is 3.70. The number of nitrogens with one attached hydrogen (secondary N) is 1. The van der Waals surface area contributed by atoms with Gasteiger partial charge >= 0.3 is 0 Å². The van der Waals surface area contributed by atoms with Crippen LogP contribution in [0.25, 0.3) is 11.4 Å². The van der Waals surface area contributed by atoms with E-state index >= 15 is 0 Å². The topological polar surface area (TPSA) is 85.2 Å². The maximum Gasteiger partial charge on any atom is 0.204 e. The first-order valence-electron chi connectivity index (χ1n) is 11.4. The third-order valence-corrected chi connectivity index (χ3v) is 6.12. The van der Waals surface area contributed by atoms with Crippen LogP contribution in [0.5, 0.6) is 0 Å². The molecular formula is C25H31N7. The molecular weight excluding hydrogens is 398 g/mol. The molecule has 0 aliphatic carbocycles. The molecule has 0 amide bonds. The summed E-state index contributed by atoms with van der Waals surface area (Å²) >= 11 is 0. The lowest BCUT2D eigenvalue weighted by Crippen LogP contribution is -2.09. The van der Waals surface area contributed by atoms with Gasteiger partial charge in [0, 0.05) is 17.4 Å². The number of nitrogens with zero attached hydrogens (tertiary/aromatic N) is 6. The van der Waals surface area contributed by atoms with E-state index in [2.05, 4.69) is 89.4 Å². The van der Waals surface area contributed by atoms with Crippen LogP contribution in [0.4, 0.5) is 0 Å². The standard InChI is InChI=1S/C25H31N7/c1-5-17(3)23-26-25(18(4)6-2)32(29-23)16-20-12-10-19(11-13-20)14-21-8-7-9-22(15-21)24-27-30-31-28-24/h7-13,15,17-18H,5-6,14,16H2,1-4H3,(H,27,28,30,31). The van der Waals surface area contributed by atoms with Crippen molar-refractivity contribution in [3.8, 4) is 11.4 Å². The molecule has 4 rings (SSSR count). The zero-order chi connectivity index (χ0) is 22.5. The lowest BCUT2D eigenvalue weighted by Gasteiger charge is -2.11. The Balaban J connectivity index is 1.49. The molecule has 0 radical (unpaired) electrons. The number of hydrogen-bond acceptors (Lipinski definition) is 5. The van der Waals surface area contributed by atoms with Gasteiger partial charge in [-0.1, -0.05) is 70.2 Å². The maximum atomic E-state index is 4.89. The van der Waals surface area contributed by atoms with Crippen LogP contribution < -0.4 is 0 Å². The van der Waals surface area contributed by atoms with Crippen molar-refractivity contribution < 1.29 is 0 Å². The zero-order valence-electron chi connectivity index (χ0n) is 19.3. The molecule has 7 heteroatoms. The molecule has 32 heavy (non-hydrogen) atoms. The Hall–Kier alpha value is -3.35. The number of rotatable bonds is 9. The van der Waals surface area contributed by atoms with Crippen LogP contribution in [0.15, 0.2) is 48.5 Å². The number of benzene rings is 2. The summed E-state index contributed by atoms with van der Waals surface area (Å²) in [4.78, 5) is 4.89. The van der Waals surface area contributed by atoms with Crippen molar-refractivity contribution in [3.63, 3.8) is 0 Å². The Labute approximate surface area is 189 Å². The summed E-state index contributed by atoms with van der Waals surface area (Å²) < 4.78 is 2.10. The minimum absolute atomic E-state index is 0.379. The number of H-pyrrole nitrogens is 1. The van der Waals surface area contributed by atoms with Crippen molar-refractivity contribution in [2.24, 2.45) is 0 Å². The molecule has 0 spiro atoms. The highest BCUT2D eigenvalue weighted by Gasteiger charge is 2.18. The predicted molar refractivity (Wildman–Crippen MR) is 125 cm³/mol. The molecule has 2 unspecified atom stereocenters. The first kappa shape index (κ1) is 21.9. The van der Waals surface area contributed by atoms with Gasteiger partial charge in [0.25, 0.3) is 0 Å². The van der Waals surface area contributed by atoms with Crippen molar-refractivity contribution in [1.29, 1.82) is 0 Å². The molecule has 0 saturated carbocycles. The Morgan fingerprint density at radius 2 is 1.66 bits per heavy atom. The number of aromatic nitrogens is 7. The van der Waals surface area contributed by atoms with E-state index in [9.17, 15) is 0 Å². The summed E-state index contributed by atoms with van der Waals surface area (Å²) in [6.07, 6.45) is 2.96. The fourth-order valence-corrected chi connectivity index (χ4v) is 3.70. The van der Waals surface area contributed by atoms with E-state index < -0.39 is 0 Å².